The highest BCUT2D eigenvalue weighted by Crippen LogP contribution is 2.44. The third-order valence-corrected chi connectivity index (χ3v) is 9.30. The molecule has 0 unspecified atom stereocenters. The van der Waals surface area contributed by atoms with Crippen LogP contribution in [0, 0.1) is 0 Å². The number of carbonyl (C=O) groups is 6. The zero-order chi connectivity index (χ0) is 38.2. The van der Waals surface area contributed by atoms with E-state index in [4.69, 9.17) is 28.4 Å². The SMILES string of the molecule is CC(=O)OC[C@H]1O[C@H](Cn2nnnc2SC[C@H](NC(=O)OCC2c3ccccc3-c3ccccc32)C(=O)O)[C@H](OC(C)=O)[C@@H](OC(C)=O)[C@H]1OC(C)=O. The van der Waals surface area contributed by atoms with Gasteiger partial charge in [-0.3, -0.25) is 19.2 Å². The number of alkyl carbamates (subject to hydrolysis) is 1. The highest BCUT2D eigenvalue weighted by molar-refractivity contribution is 7.99. The lowest BCUT2D eigenvalue weighted by Gasteiger charge is -2.44. The molecular weight excluding hydrogens is 718 g/mol. The molecule has 282 valence electrons. The fourth-order valence-electron chi connectivity index (χ4n) is 6.16. The lowest BCUT2D eigenvalue weighted by Crippen LogP contribution is -2.63. The van der Waals surface area contributed by atoms with Crippen LogP contribution in [-0.4, -0.2) is 117 Å². The van der Waals surface area contributed by atoms with Gasteiger partial charge in [0, 0.05) is 39.4 Å². The Labute approximate surface area is 306 Å². The van der Waals surface area contributed by atoms with E-state index in [1.807, 2.05) is 48.5 Å². The number of esters is 4. The van der Waals surface area contributed by atoms with Crippen LogP contribution >= 0.6 is 11.8 Å². The zero-order valence-corrected chi connectivity index (χ0v) is 29.8. The first-order valence-corrected chi connectivity index (χ1v) is 17.3. The first-order valence-electron chi connectivity index (χ1n) is 16.4. The number of aliphatic carboxylic acids is 1. The Morgan fingerprint density at radius 2 is 1.36 bits per heavy atom. The lowest BCUT2D eigenvalue weighted by molar-refractivity contribution is -0.254. The highest BCUT2D eigenvalue weighted by Gasteiger charge is 2.52. The molecule has 2 N–H and O–H groups in total. The van der Waals surface area contributed by atoms with Crippen molar-refractivity contribution in [3.05, 3.63) is 59.7 Å². The number of fused-ring (bicyclic) bond motifs is 3. The van der Waals surface area contributed by atoms with Crippen LogP contribution in [-0.2, 0) is 58.9 Å². The van der Waals surface area contributed by atoms with E-state index in [2.05, 4.69) is 20.8 Å². The fourth-order valence-corrected chi connectivity index (χ4v) is 7.06. The smallest absolute Gasteiger partial charge is 0.407 e. The van der Waals surface area contributed by atoms with Crippen LogP contribution in [0.1, 0.15) is 44.7 Å². The molecule has 0 radical (unpaired) electrons. The second-order valence-corrected chi connectivity index (χ2v) is 13.0. The quantitative estimate of drug-likeness (QED) is 0.136. The van der Waals surface area contributed by atoms with E-state index in [9.17, 15) is 33.9 Å². The Morgan fingerprint density at radius 1 is 0.792 bits per heavy atom. The van der Waals surface area contributed by atoms with Crippen molar-refractivity contribution in [1.29, 1.82) is 0 Å². The van der Waals surface area contributed by atoms with Crippen molar-refractivity contribution in [3.63, 3.8) is 0 Å². The van der Waals surface area contributed by atoms with Gasteiger partial charge in [-0.2, -0.15) is 0 Å². The van der Waals surface area contributed by atoms with Gasteiger partial charge in [0.25, 0.3) is 0 Å². The van der Waals surface area contributed by atoms with Crippen LogP contribution in [0.3, 0.4) is 0 Å². The molecule has 19 heteroatoms. The molecular formula is C34H37N5O13S. The second-order valence-electron chi connectivity index (χ2n) is 12.1. The Balaban J connectivity index is 1.27. The normalized spacial score (nSPS) is 20.9. The molecule has 2 heterocycles. The number of amides is 1. The summed E-state index contributed by atoms with van der Waals surface area (Å²) in [6.45, 7) is 3.78. The Morgan fingerprint density at radius 3 is 1.92 bits per heavy atom. The number of nitrogens with one attached hydrogen (secondary N) is 1. The van der Waals surface area contributed by atoms with Gasteiger partial charge >= 0.3 is 35.9 Å². The number of tetrazole rings is 1. The van der Waals surface area contributed by atoms with Crippen molar-refractivity contribution in [2.45, 2.75) is 81.9 Å². The summed E-state index contributed by atoms with van der Waals surface area (Å²) in [6, 6.07) is 14.2. The van der Waals surface area contributed by atoms with Crippen molar-refractivity contribution < 1.29 is 62.3 Å². The Kier molecular flexibility index (Phi) is 12.6. The number of carbonyl (C=O) groups excluding carboxylic acids is 5. The molecule has 18 nitrogen and oxygen atoms in total. The number of ether oxygens (including phenoxy) is 6. The highest BCUT2D eigenvalue weighted by atomic mass is 32.2. The third-order valence-electron chi connectivity index (χ3n) is 8.25. The van der Waals surface area contributed by atoms with Crippen molar-refractivity contribution in [2.24, 2.45) is 0 Å². The maximum Gasteiger partial charge on any atom is 0.407 e. The van der Waals surface area contributed by atoms with E-state index < -0.39 is 79.1 Å². The van der Waals surface area contributed by atoms with E-state index in [-0.39, 0.29) is 30.0 Å². The molecule has 0 bridgehead atoms. The first-order chi connectivity index (χ1) is 25.3. The third kappa shape index (κ3) is 9.66. The molecule has 0 saturated carbocycles. The van der Waals surface area contributed by atoms with Crippen LogP contribution in [0.25, 0.3) is 11.1 Å². The van der Waals surface area contributed by atoms with Gasteiger partial charge < -0.3 is 38.8 Å². The molecule has 1 amide bonds. The second kappa shape index (κ2) is 17.3. The maximum absolute atomic E-state index is 12.9. The van der Waals surface area contributed by atoms with Crippen LogP contribution in [0.4, 0.5) is 4.79 Å². The number of thioether (sulfide) groups is 1. The average molecular weight is 756 g/mol. The number of rotatable bonds is 14. The summed E-state index contributed by atoms with van der Waals surface area (Å²) in [5.41, 5.74) is 4.07. The van der Waals surface area contributed by atoms with E-state index in [1.165, 1.54) is 4.68 Å². The molecule has 3 aromatic rings. The molecule has 1 fully saturated rings. The van der Waals surface area contributed by atoms with Crippen molar-refractivity contribution in [2.75, 3.05) is 19.0 Å². The number of aromatic nitrogens is 4. The largest absolute Gasteiger partial charge is 0.480 e. The molecule has 1 saturated heterocycles. The summed E-state index contributed by atoms with van der Waals surface area (Å²) in [4.78, 5) is 73.1. The van der Waals surface area contributed by atoms with Gasteiger partial charge in [0.1, 0.15) is 31.5 Å². The van der Waals surface area contributed by atoms with Gasteiger partial charge in [-0.25, -0.2) is 14.3 Å². The van der Waals surface area contributed by atoms with Gasteiger partial charge in [-0.05, 0) is 32.7 Å². The van der Waals surface area contributed by atoms with Crippen LogP contribution in [0.5, 0.6) is 0 Å². The number of carboxylic acids is 1. The van der Waals surface area contributed by atoms with Gasteiger partial charge in [-0.15, -0.1) is 5.10 Å². The molecule has 2 aliphatic rings. The average Bonchev–Trinajstić information content (AvgIpc) is 3.68. The number of benzene rings is 2. The Bertz CT molecular complexity index is 1810. The summed E-state index contributed by atoms with van der Waals surface area (Å²) in [5.74, 6) is -4.83. The molecule has 5 rings (SSSR count). The summed E-state index contributed by atoms with van der Waals surface area (Å²) >= 11 is 0.884. The van der Waals surface area contributed by atoms with Gasteiger partial charge in [-0.1, -0.05) is 60.3 Å². The summed E-state index contributed by atoms with van der Waals surface area (Å²) in [6.07, 6.45) is -7.40. The molecule has 53 heavy (non-hydrogen) atoms. The molecule has 0 spiro atoms. The van der Waals surface area contributed by atoms with Gasteiger partial charge in [0.05, 0.1) is 6.54 Å². The van der Waals surface area contributed by atoms with Crippen molar-refractivity contribution in [3.8, 4) is 11.1 Å². The monoisotopic (exact) mass is 755 g/mol. The molecule has 2 aromatic carbocycles. The number of carboxylic acid groups (broad SMARTS) is 1. The predicted octanol–water partition coefficient (Wildman–Crippen LogP) is 1.88. The minimum Gasteiger partial charge on any atom is -0.480 e. The molecule has 1 aliphatic carbocycles. The summed E-state index contributed by atoms with van der Waals surface area (Å²) in [7, 11) is 0. The fraction of sp³-hybridized carbons (Fsp3) is 0.441. The van der Waals surface area contributed by atoms with E-state index in [0.717, 1.165) is 61.7 Å². The van der Waals surface area contributed by atoms with Crippen LogP contribution in [0.2, 0.25) is 0 Å². The van der Waals surface area contributed by atoms with E-state index >= 15 is 0 Å². The van der Waals surface area contributed by atoms with Crippen molar-refractivity contribution in [1.82, 2.24) is 25.5 Å². The number of nitrogens with zero attached hydrogens (tertiary/aromatic N) is 4. The van der Waals surface area contributed by atoms with Gasteiger partial charge in [0.15, 0.2) is 18.3 Å². The Hall–Kier alpha value is -5.56. The first kappa shape index (κ1) is 38.7. The zero-order valence-electron chi connectivity index (χ0n) is 29.0. The molecule has 1 aromatic heterocycles. The van der Waals surface area contributed by atoms with E-state index in [0.29, 0.717) is 0 Å². The minimum atomic E-state index is -1.42. The summed E-state index contributed by atoms with van der Waals surface area (Å²) in [5, 5.41) is 23.9. The number of hydrogen-bond donors (Lipinski definition) is 2. The lowest BCUT2D eigenvalue weighted by atomic mass is 9.94. The predicted molar refractivity (Wildman–Crippen MR) is 180 cm³/mol. The van der Waals surface area contributed by atoms with Crippen LogP contribution < -0.4 is 5.32 Å². The van der Waals surface area contributed by atoms with Crippen LogP contribution in [0.15, 0.2) is 53.7 Å². The maximum atomic E-state index is 12.9. The summed E-state index contributed by atoms with van der Waals surface area (Å²) < 4.78 is 34.3. The standard InChI is InChI=1S/C34H37N5O13S/c1-17(40)47-15-28-30(50-19(3)42)31(51-20(4)43)29(49-18(2)41)27(52-28)13-39-33(36-37-38-39)53-16-26(32(44)45)35-34(46)48-14-25-23-11-7-5-9-21(23)22-10-6-8-12-24(22)25/h5-12,25-31H,13-16H2,1-4H3,(H,35,46)(H,44,45)/t26-,27+,28+,29-,30-,31+/m0/s1. The number of hydrogen-bond acceptors (Lipinski definition) is 16. The van der Waals surface area contributed by atoms with Gasteiger partial charge in [0.2, 0.25) is 5.16 Å². The van der Waals surface area contributed by atoms with E-state index in [1.54, 1.807) is 0 Å². The molecule has 1 aliphatic heterocycles. The minimum absolute atomic E-state index is 0.0203. The molecule has 6 atom stereocenters. The van der Waals surface area contributed by atoms with Crippen molar-refractivity contribution >= 4 is 47.7 Å². The topological polar surface area (TPSA) is 234 Å².